The number of esters is 1. The summed E-state index contributed by atoms with van der Waals surface area (Å²) in [5.41, 5.74) is 0. The first kappa shape index (κ1) is 11.9. The van der Waals surface area contributed by atoms with Gasteiger partial charge in [-0.2, -0.15) is 0 Å². The lowest BCUT2D eigenvalue weighted by molar-refractivity contribution is -0.146. The van der Waals surface area contributed by atoms with E-state index in [-0.39, 0.29) is 11.9 Å². The van der Waals surface area contributed by atoms with Crippen LogP contribution in [0.5, 0.6) is 0 Å². The molecule has 0 unspecified atom stereocenters. The third-order valence-corrected chi connectivity index (χ3v) is 4.14. The number of piperidine rings is 1. The van der Waals surface area contributed by atoms with Crippen LogP contribution in [-0.2, 0) is 9.53 Å². The molecule has 0 radical (unpaired) electrons. The second kappa shape index (κ2) is 5.67. The predicted octanol–water partition coefficient (Wildman–Crippen LogP) is 2.20. The average Bonchev–Trinajstić information content (AvgIpc) is 2.39. The van der Waals surface area contributed by atoms with Gasteiger partial charge in [0, 0.05) is 6.04 Å². The number of nitrogens with zero attached hydrogens (tertiary/aromatic N) is 1. The summed E-state index contributed by atoms with van der Waals surface area (Å²) in [6.45, 7) is 2.54. The molecule has 1 heterocycles. The fraction of sp³-hybridized carbons (Fsp3) is 0.923. The quantitative estimate of drug-likeness (QED) is 0.675. The molecule has 1 aliphatic carbocycles. The summed E-state index contributed by atoms with van der Waals surface area (Å²) in [5, 5.41) is 0. The number of rotatable bonds is 2. The SMILES string of the molecule is COC(=O)C1CCC(N2CCCCC2)CC1. The number of methoxy groups -OCH3 is 1. The molecule has 1 aliphatic heterocycles. The van der Waals surface area contributed by atoms with E-state index in [1.807, 2.05) is 0 Å². The maximum Gasteiger partial charge on any atom is 0.308 e. The zero-order valence-electron chi connectivity index (χ0n) is 10.3. The number of hydrogen-bond acceptors (Lipinski definition) is 3. The predicted molar refractivity (Wildman–Crippen MR) is 63.2 cm³/mol. The van der Waals surface area contributed by atoms with Crippen molar-refractivity contribution in [2.24, 2.45) is 5.92 Å². The van der Waals surface area contributed by atoms with Crippen molar-refractivity contribution in [3.05, 3.63) is 0 Å². The molecule has 0 aromatic heterocycles. The van der Waals surface area contributed by atoms with E-state index in [2.05, 4.69) is 4.90 Å². The lowest BCUT2D eigenvalue weighted by atomic mass is 9.85. The highest BCUT2D eigenvalue weighted by atomic mass is 16.5. The van der Waals surface area contributed by atoms with Gasteiger partial charge in [0.25, 0.3) is 0 Å². The number of carbonyl (C=O) groups excluding carboxylic acids is 1. The fourth-order valence-electron chi connectivity index (χ4n) is 3.13. The Morgan fingerprint density at radius 2 is 1.69 bits per heavy atom. The summed E-state index contributed by atoms with van der Waals surface area (Å²) < 4.78 is 4.82. The first-order valence-electron chi connectivity index (χ1n) is 6.63. The second-order valence-electron chi connectivity index (χ2n) is 5.13. The molecule has 0 aromatic carbocycles. The maximum absolute atomic E-state index is 11.4. The van der Waals surface area contributed by atoms with Crippen molar-refractivity contribution in [3.63, 3.8) is 0 Å². The van der Waals surface area contributed by atoms with Crippen molar-refractivity contribution in [2.75, 3.05) is 20.2 Å². The molecular weight excluding hydrogens is 202 g/mol. The van der Waals surface area contributed by atoms with Crippen LogP contribution in [0.4, 0.5) is 0 Å². The number of likely N-dealkylation sites (tertiary alicyclic amines) is 1. The van der Waals surface area contributed by atoms with E-state index < -0.39 is 0 Å². The third kappa shape index (κ3) is 2.76. The van der Waals surface area contributed by atoms with E-state index in [1.165, 1.54) is 52.3 Å². The van der Waals surface area contributed by atoms with Gasteiger partial charge >= 0.3 is 5.97 Å². The topological polar surface area (TPSA) is 29.5 Å². The molecular formula is C13H23NO2. The minimum absolute atomic E-state index is 0.00269. The lowest BCUT2D eigenvalue weighted by Gasteiger charge is -2.38. The Balaban J connectivity index is 1.78. The number of carbonyl (C=O) groups is 1. The van der Waals surface area contributed by atoms with Crippen LogP contribution in [0.3, 0.4) is 0 Å². The van der Waals surface area contributed by atoms with E-state index in [0.29, 0.717) is 0 Å². The molecule has 3 heteroatoms. The van der Waals surface area contributed by atoms with Gasteiger partial charge in [0.05, 0.1) is 13.0 Å². The zero-order chi connectivity index (χ0) is 11.4. The molecule has 2 fully saturated rings. The van der Waals surface area contributed by atoms with E-state index in [1.54, 1.807) is 0 Å². The number of hydrogen-bond donors (Lipinski definition) is 0. The van der Waals surface area contributed by atoms with Crippen LogP contribution in [-0.4, -0.2) is 37.1 Å². The Labute approximate surface area is 98.1 Å². The van der Waals surface area contributed by atoms with Gasteiger partial charge in [-0.3, -0.25) is 4.79 Å². The second-order valence-corrected chi connectivity index (χ2v) is 5.13. The standard InChI is InChI=1S/C13H23NO2/c1-16-13(15)11-5-7-12(8-6-11)14-9-3-2-4-10-14/h11-12H,2-10H2,1H3. The highest BCUT2D eigenvalue weighted by molar-refractivity contribution is 5.72. The van der Waals surface area contributed by atoms with Crippen LogP contribution in [0, 0.1) is 5.92 Å². The molecule has 2 rings (SSSR count). The Kier molecular flexibility index (Phi) is 4.22. The molecule has 0 N–H and O–H groups in total. The van der Waals surface area contributed by atoms with Gasteiger partial charge < -0.3 is 9.64 Å². The van der Waals surface area contributed by atoms with Gasteiger partial charge in [-0.15, -0.1) is 0 Å². The minimum Gasteiger partial charge on any atom is -0.469 e. The molecule has 0 aromatic rings. The smallest absolute Gasteiger partial charge is 0.308 e. The first-order valence-corrected chi connectivity index (χ1v) is 6.63. The Bertz CT molecular complexity index is 228. The van der Waals surface area contributed by atoms with Crippen LogP contribution in [0.15, 0.2) is 0 Å². The summed E-state index contributed by atoms with van der Waals surface area (Å²) in [7, 11) is 1.50. The summed E-state index contributed by atoms with van der Waals surface area (Å²) in [6.07, 6.45) is 8.52. The summed E-state index contributed by atoms with van der Waals surface area (Å²) >= 11 is 0. The van der Waals surface area contributed by atoms with E-state index in [0.717, 1.165) is 18.9 Å². The monoisotopic (exact) mass is 225 g/mol. The normalized spacial score (nSPS) is 32.3. The average molecular weight is 225 g/mol. The van der Waals surface area contributed by atoms with Crippen molar-refractivity contribution in [2.45, 2.75) is 51.0 Å². The van der Waals surface area contributed by atoms with Gasteiger partial charge in [0.2, 0.25) is 0 Å². The number of ether oxygens (including phenoxy) is 1. The molecule has 0 spiro atoms. The Morgan fingerprint density at radius 1 is 1.06 bits per heavy atom. The summed E-state index contributed by atoms with van der Waals surface area (Å²) in [5.74, 6) is 0.170. The highest BCUT2D eigenvalue weighted by Gasteiger charge is 2.30. The molecule has 1 saturated heterocycles. The van der Waals surface area contributed by atoms with Crippen LogP contribution in [0.2, 0.25) is 0 Å². The summed E-state index contributed by atoms with van der Waals surface area (Å²) in [6, 6.07) is 0.737. The fourth-order valence-corrected chi connectivity index (χ4v) is 3.13. The maximum atomic E-state index is 11.4. The molecule has 92 valence electrons. The molecule has 1 saturated carbocycles. The summed E-state index contributed by atoms with van der Waals surface area (Å²) in [4.78, 5) is 14.0. The van der Waals surface area contributed by atoms with Gasteiger partial charge in [-0.1, -0.05) is 6.42 Å². The van der Waals surface area contributed by atoms with Gasteiger partial charge in [0.15, 0.2) is 0 Å². The molecule has 0 amide bonds. The van der Waals surface area contributed by atoms with Crippen molar-refractivity contribution < 1.29 is 9.53 Å². The van der Waals surface area contributed by atoms with Crippen molar-refractivity contribution in [3.8, 4) is 0 Å². The molecule has 0 bridgehead atoms. The molecule has 16 heavy (non-hydrogen) atoms. The Morgan fingerprint density at radius 3 is 2.25 bits per heavy atom. The first-order chi connectivity index (χ1) is 7.81. The third-order valence-electron chi connectivity index (χ3n) is 4.14. The lowest BCUT2D eigenvalue weighted by Crippen LogP contribution is -2.42. The van der Waals surface area contributed by atoms with E-state index in [9.17, 15) is 4.79 Å². The van der Waals surface area contributed by atoms with Crippen molar-refractivity contribution in [1.82, 2.24) is 4.90 Å². The zero-order valence-corrected chi connectivity index (χ0v) is 10.3. The van der Waals surface area contributed by atoms with Gasteiger partial charge in [-0.25, -0.2) is 0 Å². The minimum atomic E-state index is -0.00269. The van der Waals surface area contributed by atoms with Crippen molar-refractivity contribution >= 4 is 5.97 Å². The largest absolute Gasteiger partial charge is 0.469 e. The van der Waals surface area contributed by atoms with Crippen LogP contribution >= 0.6 is 0 Å². The molecule has 3 nitrogen and oxygen atoms in total. The van der Waals surface area contributed by atoms with Gasteiger partial charge in [-0.05, 0) is 51.6 Å². The van der Waals surface area contributed by atoms with E-state index >= 15 is 0 Å². The van der Waals surface area contributed by atoms with Crippen LogP contribution < -0.4 is 0 Å². The van der Waals surface area contributed by atoms with Crippen molar-refractivity contribution in [1.29, 1.82) is 0 Å². The molecule has 0 atom stereocenters. The van der Waals surface area contributed by atoms with E-state index in [4.69, 9.17) is 4.74 Å². The molecule has 2 aliphatic rings. The van der Waals surface area contributed by atoms with Gasteiger partial charge in [0.1, 0.15) is 0 Å². The van der Waals surface area contributed by atoms with Crippen LogP contribution in [0.25, 0.3) is 0 Å². The van der Waals surface area contributed by atoms with Crippen LogP contribution in [0.1, 0.15) is 44.9 Å². The highest BCUT2D eigenvalue weighted by Crippen LogP contribution is 2.29. The Hall–Kier alpha value is -0.570.